The molecule has 0 bridgehead atoms. The van der Waals surface area contributed by atoms with Gasteiger partial charge in [0.25, 0.3) is 0 Å². The van der Waals surface area contributed by atoms with Crippen molar-refractivity contribution in [1.82, 2.24) is 5.32 Å². The average molecular weight is 201 g/mol. The highest BCUT2D eigenvalue weighted by molar-refractivity contribution is 5.40. The lowest BCUT2D eigenvalue weighted by Gasteiger charge is -1.99. The molecule has 2 heteroatoms. The van der Waals surface area contributed by atoms with Gasteiger partial charge in [-0.05, 0) is 31.2 Å². The Kier molecular flexibility index (Phi) is 3.26. The summed E-state index contributed by atoms with van der Waals surface area (Å²) in [5.41, 5.74) is 1.03. The van der Waals surface area contributed by atoms with Crippen LogP contribution in [0.3, 0.4) is 0 Å². The number of methoxy groups -OCH3 is 1. The van der Waals surface area contributed by atoms with Crippen molar-refractivity contribution in [2.75, 3.05) is 20.2 Å². The van der Waals surface area contributed by atoms with Crippen LogP contribution in [-0.4, -0.2) is 20.2 Å². The zero-order chi connectivity index (χ0) is 10.5. The van der Waals surface area contributed by atoms with E-state index in [2.05, 4.69) is 17.2 Å². The second-order valence-electron chi connectivity index (χ2n) is 3.69. The van der Waals surface area contributed by atoms with Crippen LogP contribution in [0.4, 0.5) is 0 Å². The molecule has 1 fully saturated rings. The highest BCUT2D eigenvalue weighted by atomic mass is 16.5. The minimum atomic E-state index is 0.510. The topological polar surface area (TPSA) is 21.3 Å². The molecule has 1 aromatic carbocycles. The molecule has 1 atom stereocenters. The molecule has 1 aliphatic rings. The van der Waals surface area contributed by atoms with Crippen molar-refractivity contribution in [1.29, 1.82) is 0 Å². The number of benzene rings is 1. The van der Waals surface area contributed by atoms with Crippen LogP contribution in [0.15, 0.2) is 24.3 Å². The van der Waals surface area contributed by atoms with Gasteiger partial charge in [0.05, 0.1) is 7.11 Å². The Morgan fingerprint density at radius 1 is 1.47 bits per heavy atom. The van der Waals surface area contributed by atoms with Crippen LogP contribution in [0, 0.1) is 17.8 Å². The second-order valence-corrected chi connectivity index (χ2v) is 3.69. The molecule has 78 valence electrons. The van der Waals surface area contributed by atoms with Gasteiger partial charge in [0.1, 0.15) is 5.75 Å². The Hall–Kier alpha value is -1.46. The molecule has 0 saturated carbocycles. The van der Waals surface area contributed by atoms with E-state index in [4.69, 9.17) is 4.74 Å². The third-order valence-corrected chi connectivity index (χ3v) is 2.55. The van der Waals surface area contributed by atoms with Crippen LogP contribution in [0.25, 0.3) is 0 Å². The molecular weight excluding hydrogens is 186 g/mol. The van der Waals surface area contributed by atoms with Crippen molar-refractivity contribution in [2.45, 2.75) is 6.42 Å². The van der Waals surface area contributed by atoms with Gasteiger partial charge >= 0.3 is 0 Å². The maximum Gasteiger partial charge on any atom is 0.120 e. The molecule has 0 aliphatic carbocycles. The number of nitrogens with one attached hydrogen (secondary N) is 1. The molecule has 1 aliphatic heterocycles. The highest BCUT2D eigenvalue weighted by Gasteiger charge is 2.10. The summed E-state index contributed by atoms with van der Waals surface area (Å²) >= 11 is 0. The molecule has 0 aromatic heterocycles. The Morgan fingerprint density at radius 3 is 3.13 bits per heavy atom. The average Bonchev–Trinajstić information content (AvgIpc) is 2.79. The van der Waals surface area contributed by atoms with E-state index in [0.717, 1.165) is 30.8 Å². The summed E-state index contributed by atoms with van der Waals surface area (Å²) in [4.78, 5) is 0. The van der Waals surface area contributed by atoms with Gasteiger partial charge in [0, 0.05) is 18.0 Å². The number of ether oxygens (including phenoxy) is 1. The van der Waals surface area contributed by atoms with Gasteiger partial charge in [-0.1, -0.05) is 17.9 Å². The van der Waals surface area contributed by atoms with Crippen LogP contribution >= 0.6 is 0 Å². The molecular formula is C13H15NO. The molecule has 15 heavy (non-hydrogen) atoms. The lowest BCUT2D eigenvalue weighted by atomic mass is 10.1. The zero-order valence-corrected chi connectivity index (χ0v) is 8.92. The Morgan fingerprint density at radius 2 is 2.40 bits per heavy atom. The third-order valence-electron chi connectivity index (χ3n) is 2.55. The first-order chi connectivity index (χ1) is 7.38. The van der Waals surface area contributed by atoms with Crippen molar-refractivity contribution in [3.05, 3.63) is 29.8 Å². The smallest absolute Gasteiger partial charge is 0.120 e. The summed E-state index contributed by atoms with van der Waals surface area (Å²) in [6.07, 6.45) is 1.16. The fourth-order valence-electron chi connectivity index (χ4n) is 1.66. The predicted molar refractivity (Wildman–Crippen MR) is 60.8 cm³/mol. The van der Waals surface area contributed by atoms with Crippen molar-refractivity contribution in [3.8, 4) is 17.6 Å². The largest absolute Gasteiger partial charge is 0.497 e. The molecule has 1 saturated heterocycles. The van der Waals surface area contributed by atoms with E-state index in [1.807, 2.05) is 24.3 Å². The Balaban J connectivity index is 2.08. The van der Waals surface area contributed by atoms with Gasteiger partial charge in [0.15, 0.2) is 0 Å². The molecule has 1 unspecified atom stereocenters. The van der Waals surface area contributed by atoms with E-state index in [1.54, 1.807) is 7.11 Å². The van der Waals surface area contributed by atoms with Gasteiger partial charge < -0.3 is 10.1 Å². The Bertz CT molecular complexity index is 383. The molecule has 2 rings (SSSR count). The van der Waals surface area contributed by atoms with Gasteiger partial charge in [-0.3, -0.25) is 0 Å². The van der Waals surface area contributed by atoms with Gasteiger partial charge in [-0.15, -0.1) is 0 Å². The van der Waals surface area contributed by atoms with E-state index in [-0.39, 0.29) is 0 Å². The monoisotopic (exact) mass is 201 g/mol. The van der Waals surface area contributed by atoms with Crippen LogP contribution in [0.5, 0.6) is 5.75 Å². The van der Waals surface area contributed by atoms with E-state index in [9.17, 15) is 0 Å². The number of hydrogen-bond acceptors (Lipinski definition) is 2. The fourth-order valence-corrected chi connectivity index (χ4v) is 1.66. The maximum atomic E-state index is 5.15. The van der Waals surface area contributed by atoms with Crippen molar-refractivity contribution in [3.63, 3.8) is 0 Å². The van der Waals surface area contributed by atoms with Crippen LogP contribution in [0.1, 0.15) is 12.0 Å². The lowest BCUT2D eigenvalue weighted by Crippen LogP contribution is -2.07. The van der Waals surface area contributed by atoms with Crippen LogP contribution < -0.4 is 10.1 Å². The molecule has 1 heterocycles. The quantitative estimate of drug-likeness (QED) is 0.698. The summed E-state index contributed by atoms with van der Waals surface area (Å²) in [5.74, 6) is 7.85. The molecule has 1 N–H and O–H groups in total. The molecule has 2 nitrogen and oxygen atoms in total. The lowest BCUT2D eigenvalue weighted by molar-refractivity contribution is 0.414. The molecule has 0 spiro atoms. The molecule has 0 amide bonds. The highest BCUT2D eigenvalue weighted by Crippen LogP contribution is 2.12. The maximum absolute atomic E-state index is 5.15. The first kappa shape index (κ1) is 10.1. The fraction of sp³-hybridized carbons (Fsp3) is 0.385. The van der Waals surface area contributed by atoms with Gasteiger partial charge in [-0.2, -0.15) is 0 Å². The number of hydrogen-bond donors (Lipinski definition) is 1. The molecule has 0 radical (unpaired) electrons. The minimum absolute atomic E-state index is 0.510. The van der Waals surface area contributed by atoms with E-state index in [0.29, 0.717) is 5.92 Å². The van der Waals surface area contributed by atoms with Crippen molar-refractivity contribution >= 4 is 0 Å². The third kappa shape index (κ3) is 2.74. The number of rotatable bonds is 1. The summed E-state index contributed by atoms with van der Waals surface area (Å²) in [6, 6.07) is 7.88. The van der Waals surface area contributed by atoms with E-state index >= 15 is 0 Å². The van der Waals surface area contributed by atoms with E-state index in [1.165, 1.54) is 0 Å². The summed E-state index contributed by atoms with van der Waals surface area (Å²) in [7, 11) is 1.67. The van der Waals surface area contributed by atoms with Crippen LogP contribution in [-0.2, 0) is 0 Å². The first-order valence-electron chi connectivity index (χ1n) is 5.25. The summed E-state index contributed by atoms with van der Waals surface area (Å²) in [5, 5.41) is 3.30. The van der Waals surface area contributed by atoms with E-state index < -0.39 is 0 Å². The van der Waals surface area contributed by atoms with Gasteiger partial charge in [-0.25, -0.2) is 0 Å². The predicted octanol–water partition coefficient (Wildman–Crippen LogP) is 1.66. The second kappa shape index (κ2) is 4.86. The SMILES string of the molecule is COc1cccc(C#CC2CCNC2)c1. The summed E-state index contributed by atoms with van der Waals surface area (Å²) in [6.45, 7) is 2.12. The normalized spacial score (nSPS) is 19.4. The minimum Gasteiger partial charge on any atom is -0.497 e. The molecule has 1 aromatic rings. The van der Waals surface area contributed by atoms with Gasteiger partial charge in [0.2, 0.25) is 0 Å². The first-order valence-corrected chi connectivity index (χ1v) is 5.25. The standard InChI is InChI=1S/C13H15NO/c1-15-13-4-2-3-11(9-13)5-6-12-7-8-14-10-12/h2-4,9,12,14H,7-8,10H2,1H3. The zero-order valence-electron chi connectivity index (χ0n) is 8.92. The Labute approximate surface area is 90.6 Å². The van der Waals surface area contributed by atoms with Crippen LogP contribution in [0.2, 0.25) is 0 Å². The summed E-state index contributed by atoms with van der Waals surface area (Å²) < 4.78 is 5.15. The van der Waals surface area contributed by atoms with Crippen molar-refractivity contribution in [2.24, 2.45) is 5.92 Å². The van der Waals surface area contributed by atoms with Crippen molar-refractivity contribution < 1.29 is 4.74 Å².